The smallest absolute Gasteiger partial charge is 0.234 e. The maximum Gasteiger partial charge on any atom is 0.434 e. The van der Waals surface area contributed by atoms with E-state index in [1.165, 1.54) is 32.9 Å². The molecule has 0 N–H and O–H groups in total. The third-order valence-electron chi connectivity index (χ3n) is 2.10. The van der Waals surface area contributed by atoms with Crippen LogP contribution in [0.1, 0.15) is 26.3 Å². The summed E-state index contributed by atoms with van der Waals surface area (Å²) >= 11 is 0. The first-order chi connectivity index (χ1) is 8.53. The first kappa shape index (κ1) is 15.8. The molecular formula is C12H13F4NOS. The van der Waals surface area contributed by atoms with E-state index in [0.717, 1.165) is 12.1 Å². The Balaban J connectivity index is 3.38. The van der Waals surface area contributed by atoms with Crippen LogP contribution in [0.5, 0.6) is 0 Å². The van der Waals surface area contributed by atoms with E-state index in [4.69, 9.17) is 0 Å². The van der Waals surface area contributed by atoms with Gasteiger partial charge in [-0.05, 0) is 32.9 Å². The Morgan fingerprint density at radius 1 is 1.16 bits per heavy atom. The molecule has 106 valence electrons. The molecule has 0 unspecified atom stereocenters. The van der Waals surface area contributed by atoms with Crippen LogP contribution in [0.3, 0.4) is 0 Å². The molecule has 0 aliphatic carbocycles. The number of hydrogen-bond donors (Lipinski definition) is 0. The summed E-state index contributed by atoms with van der Waals surface area (Å²) in [7, 11) is -2.12. The molecule has 0 saturated heterocycles. The van der Waals surface area contributed by atoms with Gasteiger partial charge in [-0.1, -0.05) is 12.1 Å². The van der Waals surface area contributed by atoms with Crippen molar-refractivity contribution >= 4 is 16.7 Å². The molecule has 0 aromatic heterocycles. The van der Waals surface area contributed by atoms with Crippen LogP contribution in [0.15, 0.2) is 28.7 Å². The molecule has 19 heavy (non-hydrogen) atoms. The van der Waals surface area contributed by atoms with Crippen LogP contribution in [0.2, 0.25) is 0 Å². The van der Waals surface area contributed by atoms with E-state index in [0.29, 0.717) is 0 Å². The van der Waals surface area contributed by atoms with E-state index < -0.39 is 39.0 Å². The van der Waals surface area contributed by atoms with Gasteiger partial charge >= 0.3 is 6.18 Å². The summed E-state index contributed by atoms with van der Waals surface area (Å²) in [5.41, 5.74) is -2.16. The van der Waals surface area contributed by atoms with Gasteiger partial charge in [0.1, 0.15) is 16.8 Å². The van der Waals surface area contributed by atoms with Crippen molar-refractivity contribution in [2.75, 3.05) is 0 Å². The molecule has 1 atom stereocenters. The van der Waals surface area contributed by atoms with Gasteiger partial charge in [-0.3, -0.25) is 0 Å². The minimum atomic E-state index is -4.87. The third-order valence-corrected chi connectivity index (χ3v) is 3.49. The molecule has 0 aliphatic rings. The van der Waals surface area contributed by atoms with E-state index in [1.807, 2.05) is 0 Å². The van der Waals surface area contributed by atoms with Crippen molar-refractivity contribution < 1.29 is 21.8 Å². The molecule has 0 amide bonds. The highest BCUT2D eigenvalue weighted by Gasteiger charge is 2.39. The molecule has 0 radical (unpaired) electrons. The lowest BCUT2D eigenvalue weighted by molar-refractivity contribution is -0.0579. The predicted octanol–water partition coefficient (Wildman–Crippen LogP) is 3.64. The van der Waals surface area contributed by atoms with E-state index in [-0.39, 0.29) is 0 Å². The summed E-state index contributed by atoms with van der Waals surface area (Å²) in [5.74, 6) is -1.05. The van der Waals surface area contributed by atoms with Crippen LogP contribution in [0.4, 0.5) is 17.6 Å². The van der Waals surface area contributed by atoms with Crippen LogP contribution in [-0.2, 0) is 11.0 Å². The Bertz CT molecular complexity index is 517. The Morgan fingerprint density at radius 3 is 2.11 bits per heavy atom. The predicted molar refractivity (Wildman–Crippen MR) is 66.9 cm³/mol. The highest BCUT2D eigenvalue weighted by molar-refractivity contribution is 7.85. The summed E-state index contributed by atoms with van der Waals surface area (Å²) in [6.45, 7) is 4.46. The maximum atomic E-state index is 13.4. The van der Waals surface area contributed by atoms with Gasteiger partial charge in [0.2, 0.25) is 0 Å². The minimum absolute atomic E-state index is 0.701. The summed E-state index contributed by atoms with van der Waals surface area (Å²) < 4.78 is 66.1. The van der Waals surface area contributed by atoms with Crippen molar-refractivity contribution in [1.82, 2.24) is 0 Å². The van der Waals surface area contributed by atoms with E-state index in [2.05, 4.69) is 4.40 Å². The van der Waals surface area contributed by atoms with Gasteiger partial charge < -0.3 is 0 Å². The number of benzene rings is 1. The van der Waals surface area contributed by atoms with Gasteiger partial charge in [-0.2, -0.15) is 17.6 Å². The first-order valence-electron chi connectivity index (χ1n) is 5.36. The maximum absolute atomic E-state index is 13.4. The Kier molecular flexibility index (Phi) is 4.50. The quantitative estimate of drug-likeness (QED) is 0.605. The average molecular weight is 295 g/mol. The molecule has 2 nitrogen and oxygen atoms in total. The Labute approximate surface area is 111 Å². The second kappa shape index (κ2) is 5.40. The molecule has 0 heterocycles. The fourth-order valence-corrected chi connectivity index (χ4v) is 1.77. The number of alkyl halides is 3. The lowest BCUT2D eigenvalue weighted by Gasteiger charge is -2.16. The number of nitrogens with zero attached hydrogens (tertiary/aromatic N) is 1. The monoisotopic (exact) mass is 295 g/mol. The van der Waals surface area contributed by atoms with Gasteiger partial charge in [-0.15, -0.1) is 0 Å². The molecule has 0 saturated carbocycles. The zero-order chi connectivity index (χ0) is 14.8. The van der Waals surface area contributed by atoms with E-state index in [1.54, 1.807) is 0 Å². The van der Waals surface area contributed by atoms with E-state index >= 15 is 0 Å². The van der Waals surface area contributed by atoms with Gasteiger partial charge in [-0.25, -0.2) is 8.60 Å². The van der Waals surface area contributed by atoms with Crippen molar-refractivity contribution in [2.45, 2.75) is 31.7 Å². The fraction of sp³-hybridized carbons (Fsp3) is 0.417. The Hall–Kier alpha value is -1.24. The van der Waals surface area contributed by atoms with Crippen LogP contribution >= 0.6 is 0 Å². The molecule has 1 rings (SSSR count). The van der Waals surface area contributed by atoms with Crippen molar-refractivity contribution in [3.63, 3.8) is 0 Å². The topological polar surface area (TPSA) is 29.4 Å². The number of halogens is 4. The number of rotatable bonds is 2. The molecule has 1 aromatic rings. The molecule has 1 aromatic carbocycles. The van der Waals surface area contributed by atoms with Crippen molar-refractivity contribution in [3.05, 3.63) is 35.6 Å². The zero-order valence-electron chi connectivity index (χ0n) is 10.6. The van der Waals surface area contributed by atoms with Crippen molar-refractivity contribution in [2.24, 2.45) is 4.40 Å². The summed E-state index contributed by atoms with van der Waals surface area (Å²) in [6.07, 6.45) is -4.87. The summed E-state index contributed by atoms with van der Waals surface area (Å²) in [6, 6.07) is 4.39. The SMILES string of the molecule is CC(C)(C)[S@](=O)N=C(c1ccccc1F)C(F)(F)F. The molecule has 7 heteroatoms. The van der Waals surface area contributed by atoms with Crippen LogP contribution < -0.4 is 0 Å². The second-order valence-corrected chi connectivity index (χ2v) is 6.68. The van der Waals surface area contributed by atoms with Gasteiger partial charge in [0, 0.05) is 5.56 Å². The lowest BCUT2D eigenvalue weighted by atomic mass is 10.1. The Morgan fingerprint density at radius 2 is 1.68 bits per heavy atom. The average Bonchev–Trinajstić information content (AvgIpc) is 2.24. The van der Waals surface area contributed by atoms with Crippen LogP contribution in [0, 0.1) is 5.82 Å². The van der Waals surface area contributed by atoms with Gasteiger partial charge in [0.05, 0.1) is 4.75 Å². The second-order valence-electron chi connectivity index (χ2n) is 4.78. The fourth-order valence-electron chi connectivity index (χ4n) is 1.13. The molecule has 0 spiro atoms. The van der Waals surface area contributed by atoms with E-state index in [9.17, 15) is 21.8 Å². The molecule has 0 bridgehead atoms. The minimum Gasteiger partial charge on any atom is -0.234 e. The van der Waals surface area contributed by atoms with Crippen molar-refractivity contribution in [1.29, 1.82) is 0 Å². The van der Waals surface area contributed by atoms with Crippen LogP contribution in [-0.4, -0.2) is 20.8 Å². The molecule has 0 fully saturated rings. The molecular weight excluding hydrogens is 282 g/mol. The standard InChI is InChI=1S/C12H13F4NOS/c1-11(2,3)19(18)17-10(12(14,15)16)8-6-4-5-7-9(8)13/h4-7H,1-3H3/t19-/m0/s1. The zero-order valence-corrected chi connectivity index (χ0v) is 11.4. The third kappa shape index (κ3) is 4.12. The lowest BCUT2D eigenvalue weighted by Crippen LogP contribution is -2.29. The van der Waals surface area contributed by atoms with Gasteiger partial charge in [0.25, 0.3) is 0 Å². The van der Waals surface area contributed by atoms with Crippen molar-refractivity contribution in [3.8, 4) is 0 Å². The van der Waals surface area contributed by atoms with Crippen LogP contribution in [0.25, 0.3) is 0 Å². The molecule has 0 aliphatic heterocycles. The van der Waals surface area contributed by atoms with Gasteiger partial charge in [0.15, 0.2) is 5.71 Å². The highest BCUT2D eigenvalue weighted by atomic mass is 32.2. The normalized spacial score (nSPS) is 15.4. The summed E-state index contributed by atoms with van der Waals surface area (Å²) in [4.78, 5) is 0. The largest absolute Gasteiger partial charge is 0.434 e. The number of hydrogen-bond acceptors (Lipinski definition) is 1. The highest BCUT2D eigenvalue weighted by Crippen LogP contribution is 2.26. The summed E-state index contributed by atoms with van der Waals surface area (Å²) in [5, 5.41) is 0. The first-order valence-corrected chi connectivity index (χ1v) is 6.47.